The molecule has 0 aliphatic heterocycles. The number of aliphatic hydroxyl groups is 1. The molecule has 0 saturated carbocycles. The number of fused-ring (bicyclic) bond motifs is 1. The van der Waals surface area contributed by atoms with Gasteiger partial charge in [-0.05, 0) is 66.8 Å². The van der Waals surface area contributed by atoms with Crippen LogP contribution in [0.2, 0.25) is 0 Å². The highest BCUT2D eigenvalue weighted by Gasteiger charge is 2.13. The van der Waals surface area contributed by atoms with E-state index in [1.807, 2.05) is 12.1 Å². The third-order valence-corrected chi connectivity index (χ3v) is 4.35. The van der Waals surface area contributed by atoms with Gasteiger partial charge in [0.25, 0.3) is 0 Å². The molecule has 104 valence electrons. The fourth-order valence-electron chi connectivity index (χ4n) is 3.19. The van der Waals surface area contributed by atoms with E-state index < -0.39 is 0 Å². The Kier molecular flexibility index (Phi) is 3.88. The van der Waals surface area contributed by atoms with Crippen molar-refractivity contribution in [2.75, 3.05) is 0 Å². The van der Waals surface area contributed by atoms with E-state index in [9.17, 15) is 5.11 Å². The molecule has 1 N–H and O–H groups in total. The number of benzene rings is 2. The Morgan fingerprint density at radius 3 is 2.65 bits per heavy atom. The second kappa shape index (κ2) is 5.80. The zero-order valence-electron chi connectivity index (χ0n) is 12.1. The van der Waals surface area contributed by atoms with E-state index in [4.69, 9.17) is 0 Å². The summed E-state index contributed by atoms with van der Waals surface area (Å²) in [5, 5.41) is 10.3. The average molecular weight is 266 g/mol. The molecule has 0 radical (unpaired) electrons. The minimum Gasteiger partial charge on any atom is -0.392 e. The fourth-order valence-corrected chi connectivity index (χ4v) is 3.19. The van der Waals surface area contributed by atoms with Crippen LogP contribution in [0, 0.1) is 6.92 Å². The van der Waals surface area contributed by atoms with Crippen molar-refractivity contribution in [2.45, 2.75) is 45.1 Å². The van der Waals surface area contributed by atoms with Crippen LogP contribution in [0.4, 0.5) is 0 Å². The summed E-state index contributed by atoms with van der Waals surface area (Å²) in [4.78, 5) is 0. The molecule has 2 aromatic rings. The minimum atomic E-state index is -0.296. The first kappa shape index (κ1) is 13.4. The lowest BCUT2D eigenvalue weighted by Gasteiger charge is -2.13. The van der Waals surface area contributed by atoms with E-state index in [0.29, 0.717) is 0 Å². The van der Waals surface area contributed by atoms with Gasteiger partial charge < -0.3 is 5.11 Å². The smallest absolute Gasteiger partial charge is 0.0620 e. The predicted octanol–water partition coefficient (Wildman–Crippen LogP) is 3.63. The Bertz CT molecular complexity index is 600. The summed E-state index contributed by atoms with van der Waals surface area (Å²) in [6, 6.07) is 15.0. The van der Waals surface area contributed by atoms with E-state index in [0.717, 1.165) is 12.8 Å². The molecule has 2 aromatic carbocycles. The van der Waals surface area contributed by atoms with Gasteiger partial charge in [0.2, 0.25) is 0 Å². The topological polar surface area (TPSA) is 20.2 Å². The van der Waals surface area contributed by atoms with Gasteiger partial charge >= 0.3 is 0 Å². The maximum atomic E-state index is 10.3. The lowest BCUT2D eigenvalue weighted by Crippen LogP contribution is -2.14. The lowest BCUT2D eigenvalue weighted by molar-refractivity contribution is 0.175. The Labute approximate surface area is 121 Å². The van der Waals surface area contributed by atoms with Gasteiger partial charge in [0.1, 0.15) is 0 Å². The molecule has 0 bridgehead atoms. The van der Waals surface area contributed by atoms with E-state index in [-0.39, 0.29) is 6.10 Å². The molecule has 1 atom stereocenters. The first-order valence-corrected chi connectivity index (χ1v) is 7.55. The van der Waals surface area contributed by atoms with Crippen LogP contribution < -0.4 is 0 Å². The Hall–Kier alpha value is -1.60. The second-order valence-electron chi connectivity index (χ2n) is 5.95. The minimum absolute atomic E-state index is 0.296. The number of hydrogen-bond donors (Lipinski definition) is 1. The van der Waals surface area contributed by atoms with Crippen molar-refractivity contribution in [3.8, 4) is 0 Å². The third-order valence-electron chi connectivity index (χ3n) is 4.35. The van der Waals surface area contributed by atoms with Crippen LogP contribution in [0.15, 0.2) is 42.5 Å². The number of hydrogen-bond acceptors (Lipinski definition) is 1. The maximum absolute atomic E-state index is 10.3. The molecule has 20 heavy (non-hydrogen) atoms. The number of rotatable bonds is 4. The van der Waals surface area contributed by atoms with Gasteiger partial charge in [0.05, 0.1) is 6.10 Å². The van der Waals surface area contributed by atoms with Crippen LogP contribution in [0.5, 0.6) is 0 Å². The van der Waals surface area contributed by atoms with Crippen molar-refractivity contribution in [3.05, 3.63) is 70.3 Å². The summed E-state index contributed by atoms with van der Waals surface area (Å²) in [5.74, 6) is 0. The molecule has 0 amide bonds. The summed E-state index contributed by atoms with van der Waals surface area (Å²) < 4.78 is 0. The number of aliphatic hydroxyl groups excluding tert-OH is 1. The summed E-state index contributed by atoms with van der Waals surface area (Å²) in [7, 11) is 0. The molecule has 0 spiro atoms. The average Bonchev–Trinajstić information content (AvgIpc) is 2.89. The highest BCUT2D eigenvalue weighted by atomic mass is 16.3. The van der Waals surface area contributed by atoms with E-state index in [1.54, 1.807) is 0 Å². The van der Waals surface area contributed by atoms with Gasteiger partial charge in [-0.3, -0.25) is 0 Å². The lowest BCUT2D eigenvalue weighted by atomic mass is 9.97. The Balaban J connectivity index is 1.67. The molecule has 1 heteroatoms. The van der Waals surface area contributed by atoms with Gasteiger partial charge in [-0.15, -0.1) is 0 Å². The van der Waals surface area contributed by atoms with Gasteiger partial charge in [-0.1, -0.05) is 42.5 Å². The van der Waals surface area contributed by atoms with Crippen LogP contribution in [-0.4, -0.2) is 11.2 Å². The zero-order chi connectivity index (χ0) is 13.9. The quantitative estimate of drug-likeness (QED) is 0.896. The Morgan fingerprint density at radius 1 is 1.00 bits per heavy atom. The molecular weight excluding hydrogens is 244 g/mol. The standard InChI is InChI=1S/C19H22O/c1-14-5-2-3-6-17(14)13-19(20)12-15-9-10-16-7-4-8-18(16)11-15/h2-3,5-6,9-11,19-20H,4,7-8,12-13H2,1H3. The Morgan fingerprint density at radius 2 is 1.80 bits per heavy atom. The van der Waals surface area contributed by atoms with Crippen LogP contribution in [0.1, 0.15) is 34.2 Å². The molecule has 1 aliphatic rings. The third kappa shape index (κ3) is 2.94. The van der Waals surface area contributed by atoms with E-state index in [1.165, 1.54) is 47.1 Å². The fraction of sp³-hybridized carbons (Fsp3) is 0.368. The summed E-state index contributed by atoms with van der Waals surface area (Å²) >= 11 is 0. The molecule has 0 fully saturated rings. The summed E-state index contributed by atoms with van der Waals surface area (Å²) in [6.07, 6.45) is 4.91. The van der Waals surface area contributed by atoms with Gasteiger partial charge in [0.15, 0.2) is 0 Å². The van der Waals surface area contributed by atoms with Crippen molar-refractivity contribution < 1.29 is 5.11 Å². The monoisotopic (exact) mass is 266 g/mol. The predicted molar refractivity (Wildman–Crippen MR) is 83.1 cm³/mol. The molecule has 0 heterocycles. The normalized spacial score (nSPS) is 15.1. The van der Waals surface area contributed by atoms with Crippen LogP contribution in [0.25, 0.3) is 0 Å². The first-order valence-electron chi connectivity index (χ1n) is 7.55. The molecule has 0 aromatic heterocycles. The summed E-state index contributed by atoms with van der Waals surface area (Å²) in [5.41, 5.74) is 6.78. The van der Waals surface area contributed by atoms with Crippen LogP contribution in [-0.2, 0) is 25.7 Å². The highest BCUT2D eigenvalue weighted by Crippen LogP contribution is 2.23. The van der Waals surface area contributed by atoms with Crippen molar-refractivity contribution >= 4 is 0 Å². The zero-order valence-corrected chi connectivity index (χ0v) is 12.1. The van der Waals surface area contributed by atoms with Gasteiger partial charge in [-0.25, -0.2) is 0 Å². The summed E-state index contributed by atoms with van der Waals surface area (Å²) in [6.45, 7) is 2.11. The molecular formula is C19H22O. The maximum Gasteiger partial charge on any atom is 0.0620 e. The molecule has 1 unspecified atom stereocenters. The van der Waals surface area contributed by atoms with Gasteiger partial charge in [0, 0.05) is 0 Å². The highest BCUT2D eigenvalue weighted by molar-refractivity contribution is 5.35. The van der Waals surface area contributed by atoms with E-state index in [2.05, 4.69) is 37.3 Å². The van der Waals surface area contributed by atoms with Crippen molar-refractivity contribution in [1.82, 2.24) is 0 Å². The molecule has 1 aliphatic carbocycles. The molecule has 0 saturated heterocycles. The molecule has 1 nitrogen and oxygen atoms in total. The first-order chi connectivity index (χ1) is 9.72. The van der Waals surface area contributed by atoms with Crippen LogP contribution >= 0.6 is 0 Å². The largest absolute Gasteiger partial charge is 0.392 e. The number of aryl methyl sites for hydroxylation is 3. The molecule has 3 rings (SSSR count). The van der Waals surface area contributed by atoms with Crippen molar-refractivity contribution in [1.29, 1.82) is 0 Å². The van der Waals surface area contributed by atoms with Crippen molar-refractivity contribution in [3.63, 3.8) is 0 Å². The van der Waals surface area contributed by atoms with Gasteiger partial charge in [-0.2, -0.15) is 0 Å². The van der Waals surface area contributed by atoms with Crippen molar-refractivity contribution in [2.24, 2.45) is 0 Å². The second-order valence-corrected chi connectivity index (χ2v) is 5.95. The SMILES string of the molecule is Cc1ccccc1CC(O)Cc1ccc2c(c1)CCC2. The van der Waals surface area contributed by atoms with Crippen LogP contribution in [0.3, 0.4) is 0 Å². The van der Waals surface area contributed by atoms with E-state index >= 15 is 0 Å².